The molecular formula is C14H19ClN2OS. The van der Waals surface area contributed by atoms with E-state index in [9.17, 15) is 4.79 Å². The molecule has 3 nitrogen and oxygen atoms in total. The monoisotopic (exact) mass is 298 g/mol. The molecule has 1 aliphatic heterocycles. The first-order valence-electron chi connectivity index (χ1n) is 6.52. The van der Waals surface area contributed by atoms with Crippen molar-refractivity contribution in [3.8, 4) is 0 Å². The molecular weight excluding hydrogens is 280 g/mol. The standard InChI is InChI=1S/C14H18N2OS.ClH/c15-11(9-5-6-9)8-16-14(17)13-7-10-3-1-2-4-12(10)18-13;/h1-4,9,11,13H,5-8,15H2,(H,16,17);1H. The number of carbonyl (C=O) groups excluding carboxylic acids is 1. The highest BCUT2D eigenvalue weighted by Gasteiger charge is 2.31. The Bertz CT molecular complexity index is 440. The predicted octanol–water partition coefficient (Wildman–Crippen LogP) is 1.98. The van der Waals surface area contributed by atoms with Gasteiger partial charge in [-0.25, -0.2) is 0 Å². The van der Waals surface area contributed by atoms with Gasteiger partial charge in [0.05, 0.1) is 5.25 Å². The number of halogens is 1. The van der Waals surface area contributed by atoms with E-state index in [0.717, 1.165) is 6.42 Å². The lowest BCUT2D eigenvalue weighted by Gasteiger charge is -2.14. The number of amides is 1. The van der Waals surface area contributed by atoms with Crippen LogP contribution in [0.5, 0.6) is 0 Å². The Morgan fingerprint density at radius 1 is 1.42 bits per heavy atom. The van der Waals surface area contributed by atoms with Crippen LogP contribution in [0.3, 0.4) is 0 Å². The summed E-state index contributed by atoms with van der Waals surface area (Å²) in [5.41, 5.74) is 7.27. The summed E-state index contributed by atoms with van der Waals surface area (Å²) in [6.07, 6.45) is 3.28. The van der Waals surface area contributed by atoms with Crippen molar-refractivity contribution in [1.29, 1.82) is 0 Å². The average molecular weight is 299 g/mol. The molecule has 2 aliphatic rings. The van der Waals surface area contributed by atoms with Crippen molar-refractivity contribution in [3.63, 3.8) is 0 Å². The summed E-state index contributed by atoms with van der Waals surface area (Å²) in [6.45, 7) is 0.622. The summed E-state index contributed by atoms with van der Waals surface area (Å²) in [4.78, 5) is 13.3. The van der Waals surface area contributed by atoms with Crippen LogP contribution in [-0.4, -0.2) is 23.7 Å². The van der Waals surface area contributed by atoms with Gasteiger partial charge < -0.3 is 11.1 Å². The van der Waals surface area contributed by atoms with Crippen LogP contribution >= 0.6 is 24.2 Å². The molecule has 3 N–H and O–H groups in total. The van der Waals surface area contributed by atoms with E-state index in [0.29, 0.717) is 12.5 Å². The summed E-state index contributed by atoms with van der Waals surface area (Å²) >= 11 is 1.67. The molecule has 2 unspecified atom stereocenters. The second kappa shape index (κ2) is 6.16. The van der Waals surface area contributed by atoms with Crippen LogP contribution in [0.25, 0.3) is 0 Å². The molecule has 5 heteroatoms. The molecule has 104 valence electrons. The fourth-order valence-corrected chi connectivity index (χ4v) is 3.57. The van der Waals surface area contributed by atoms with E-state index in [1.807, 2.05) is 12.1 Å². The number of benzene rings is 1. The Labute approximate surface area is 124 Å². The number of thioether (sulfide) groups is 1. The fourth-order valence-electron chi connectivity index (χ4n) is 2.35. The lowest BCUT2D eigenvalue weighted by molar-refractivity contribution is -0.120. The Morgan fingerprint density at radius 2 is 2.16 bits per heavy atom. The first-order valence-corrected chi connectivity index (χ1v) is 7.40. The zero-order chi connectivity index (χ0) is 12.5. The molecule has 19 heavy (non-hydrogen) atoms. The highest BCUT2D eigenvalue weighted by Crippen LogP contribution is 2.36. The summed E-state index contributed by atoms with van der Waals surface area (Å²) in [6, 6.07) is 8.38. The van der Waals surface area contributed by atoms with Crippen LogP contribution in [0.15, 0.2) is 29.2 Å². The molecule has 1 fully saturated rings. The van der Waals surface area contributed by atoms with Crippen molar-refractivity contribution in [2.45, 2.75) is 35.4 Å². The van der Waals surface area contributed by atoms with Crippen LogP contribution in [0.2, 0.25) is 0 Å². The van der Waals surface area contributed by atoms with Crippen molar-refractivity contribution in [3.05, 3.63) is 29.8 Å². The van der Waals surface area contributed by atoms with Crippen molar-refractivity contribution in [1.82, 2.24) is 5.32 Å². The van der Waals surface area contributed by atoms with E-state index in [2.05, 4.69) is 17.4 Å². The third-order valence-electron chi connectivity index (χ3n) is 3.68. The van der Waals surface area contributed by atoms with Gasteiger partial charge in [-0.3, -0.25) is 4.79 Å². The normalized spacial score (nSPS) is 22.3. The van der Waals surface area contributed by atoms with Crippen LogP contribution in [0.1, 0.15) is 18.4 Å². The second-order valence-electron chi connectivity index (χ2n) is 5.16. The molecule has 1 aliphatic carbocycles. The first kappa shape index (κ1) is 14.7. The van der Waals surface area contributed by atoms with Gasteiger partial charge in [-0.2, -0.15) is 0 Å². The molecule has 1 aromatic carbocycles. The third-order valence-corrected chi connectivity index (χ3v) is 5.00. The third kappa shape index (κ3) is 3.44. The van der Waals surface area contributed by atoms with E-state index in [1.54, 1.807) is 11.8 Å². The van der Waals surface area contributed by atoms with Crippen molar-refractivity contribution >= 4 is 30.1 Å². The van der Waals surface area contributed by atoms with Gasteiger partial charge in [0.2, 0.25) is 5.91 Å². The van der Waals surface area contributed by atoms with Crippen molar-refractivity contribution in [2.24, 2.45) is 11.7 Å². The minimum absolute atomic E-state index is 0. The lowest BCUT2D eigenvalue weighted by atomic mass is 10.1. The SMILES string of the molecule is Cl.NC(CNC(=O)C1Cc2ccccc2S1)C1CC1. The molecule has 0 saturated heterocycles. The number of hydrogen-bond donors (Lipinski definition) is 2. The topological polar surface area (TPSA) is 55.1 Å². The molecule has 3 rings (SSSR count). The first-order chi connectivity index (χ1) is 8.74. The van der Waals surface area contributed by atoms with Gasteiger partial charge >= 0.3 is 0 Å². The average Bonchev–Trinajstić information content (AvgIpc) is 3.14. The van der Waals surface area contributed by atoms with Crippen LogP contribution in [0, 0.1) is 5.92 Å². The van der Waals surface area contributed by atoms with Gasteiger partial charge in [-0.15, -0.1) is 24.2 Å². The maximum absolute atomic E-state index is 12.1. The van der Waals surface area contributed by atoms with Crippen molar-refractivity contribution in [2.75, 3.05) is 6.54 Å². The van der Waals surface area contributed by atoms with Crippen LogP contribution in [0.4, 0.5) is 0 Å². The van der Waals surface area contributed by atoms with Crippen LogP contribution < -0.4 is 11.1 Å². The summed E-state index contributed by atoms with van der Waals surface area (Å²) in [5.74, 6) is 0.769. The van der Waals surface area contributed by atoms with Gasteiger partial charge in [0.15, 0.2) is 0 Å². The quantitative estimate of drug-likeness (QED) is 0.894. The molecule has 1 saturated carbocycles. The van der Waals surface area contributed by atoms with E-state index in [-0.39, 0.29) is 29.6 Å². The number of rotatable bonds is 4. The number of hydrogen-bond acceptors (Lipinski definition) is 3. The molecule has 1 heterocycles. The zero-order valence-electron chi connectivity index (χ0n) is 10.7. The molecule has 0 spiro atoms. The van der Waals surface area contributed by atoms with Gasteiger partial charge in [0.1, 0.15) is 0 Å². The molecule has 0 bridgehead atoms. The zero-order valence-corrected chi connectivity index (χ0v) is 12.3. The maximum Gasteiger partial charge on any atom is 0.233 e. The smallest absolute Gasteiger partial charge is 0.233 e. The van der Waals surface area contributed by atoms with E-state index >= 15 is 0 Å². The number of nitrogens with one attached hydrogen (secondary N) is 1. The summed E-state index contributed by atoms with van der Waals surface area (Å²) in [5, 5.41) is 3.02. The summed E-state index contributed by atoms with van der Waals surface area (Å²) < 4.78 is 0. The maximum atomic E-state index is 12.1. The van der Waals surface area contributed by atoms with Crippen LogP contribution in [-0.2, 0) is 11.2 Å². The Hall–Kier alpha value is -0.710. The van der Waals surface area contributed by atoms with Gasteiger partial charge in [-0.1, -0.05) is 18.2 Å². The minimum Gasteiger partial charge on any atom is -0.354 e. The van der Waals surface area contributed by atoms with Gasteiger partial charge in [-0.05, 0) is 36.8 Å². The second-order valence-corrected chi connectivity index (χ2v) is 6.41. The summed E-state index contributed by atoms with van der Waals surface area (Å²) in [7, 11) is 0. The van der Waals surface area contributed by atoms with Crippen molar-refractivity contribution < 1.29 is 4.79 Å². The molecule has 1 aromatic rings. The molecule has 0 aromatic heterocycles. The lowest BCUT2D eigenvalue weighted by Crippen LogP contribution is -2.41. The Morgan fingerprint density at radius 3 is 2.84 bits per heavy atom. The van der Waals surface area contributed by atoms with Gasteiger partial charge in [0.25, 0.3) is 0 Å². The Kier molecular flexibility index (Phi) is 4.76. The van der Waals surface area contributed by atoms with E-state index in [1.165, 1.54) is 23.3 Å². The number of fused-ring (bicyclic) bond motifs is 1. The number of nitrogens with two attached hydrogens (primary N) is 1. The molecule has 2 atom stereocenters. The predicted molar refractivity (Wildman–Crippen MR) is 80.7 cm³/mol. The molecule has 0 radical (unpaired) electrons. The minimum atomic E-state index is 0. The van der Waals surface area contributed by atoms with Gasteiger partial charge in [0, 0.05) is 17.5 Å². The highest BCUT2D eigenvalue weighted by atomic mass is 35.5. The van der Waals surface area contributed by atoms with E-state index < -0.39 is 0 Å². The van der Waals surface area contributed by atoms with E-state index in [4.69, 9.17) is 5.73 Å². The highest BCUT2D eigenvalue weighted by molar-refractivity contribution is 8.01. The Balaban J connectivity index is 0.00000133. The largest absolute Gasteiger partial charge is 0.354 e. The molecule has 1 amide bonds. The fraction of sp³-hybridized carbons (Fsp3) is 0.500. The number of carbonyl (C=O) groups is 1.